The molecule has 3 N–H and O–H groups in total. The number of amides is 2. The zero-order valence-electron chi connectivity index (χ0n) is 11.1. The maximum Gasteiger partial charge on any atom is 0.347 e. The van der Waals surface area contributed by atoms with E-state index in [0.29, 0.717) is 10.7 Å². The summed E-state index contributed by atoms with van der Waals surface area (Å²) in [5, 5.41) is 14.4. The van der Waals surface area contributed by atoms with Crippen LogP contribution in [-0.4, -0.2) is 41.7 Å². The van der Waals surface area contributed by atoms with Crippen LogP contribution in [0.4, 0.5) is 4.79 Å². The van der Waals surface area contributed by atoms with Crippen LogP contribution in [0.5, 0.6) is 0 Å². The quantitative estimate of drug-likeness (QED) is 0.659. The summed E-state index contributed by atoms with van der Waals surface area (Å²) < 4.78 is 4.43. The first-order valence-electron chi connectivity index (χ1n) is 5.72. The van der Waals surface area contributed by atoms with Crippen LogP contribution in [0.25, 0.3) is 0 Å². The molecule has 2 amide bonds. The molecule has 20 heavy (non-hydrogen) atoms. The molecule has 0 aliphatic rings. The number of carbonyl (C=O) groups excluding carboxylic acids is 2. The number of nitrogens with one attached hydrogen (secondary N) is 2. The van der Waals surface area contributed by atoms with Crippen molar-refractivity contribution >= 4 is 29.3 Å². The van der Waals surface area contributed by atoms with E-state index in [4.69, 9.17) is 5.11 Å². The fourth-order valence-corrected chi connectivity index (χ4v) is 2.17. The molecule has 0 saturated heterocycles. The first-order valence-corrected chi connectivity index (χ1v) is 6.53. The molecule has 110 valence electrons. The molecule has 9 heteroatoms. The van der Waals surface area contributed by atoms with Gasteiger partial charge in [0.25, 0.3) is 0 Å². The van der Waals surface area contributed by atoms with Crippen molar-refractivity contribution in [3.8, 4) is 0 Å². The van der Waals surface area contributed by atoms with Crippen LogP contribution in [0, 0.1) is 6.92 Å². The van der Waals surface area contributed by atoms with Crippen LogP contribution in [0.2, 0.25) is 0 Å². The molecular formula is C11H15N3O5S. The molecule has 1 aromatic heterocycles. The number of rotatable bonds is 6. The molecular weight excluding hydrogens is 286 g/mol. The van der Waals surface area contributed by atoms with Gasteiger partial charge in [-0.05, 0) is 6.92 Å². The molecule has 0 aliphatic heterocycles. The molecule has 0 fully saturated rings. The maximum absolute atomic E-state index is 11.4. The predicted octanol–water partition coefficient (Wildman–Crippen LogP) is 0.512. The zero-order valence-corrected chi connectivity index (χ0v) is 11.9. The van der Waals surface area contributed by atoms with Gasteiger partial charge in [0.1, 0.15) is 9.88 Å². The Morgan fingerprint density at radius 1 is 1.35 bits per heavy atom. The fraction of sp³-hybridized carbons (Fsp3) is 0.455. The molecule has 0 spiro atoms. The van der Waals surface area contributed by atoms with Crippen molar-refractivity contribution in [2.45, 2.75) is 19.9 Å². The van der Waals surface area contributed by atoms with Crippen molar-refractivity contribution in [3.63, 3.8) is 0 Å². The number of carboxylic acids is 1. The molecule has 0 atom stereocenters. The lowest BCUT2D eigenvalue weighted by atomic mass is 10.4. The van der Waals surface area contributed by atoms with Crippen LogP contribution in [0.1, 0.15) is 26.8 Å². The largest absolute Gasteiger partial charge is 0.477 e. The second-order valence-corrected chi connectivity index (χ2v) is 4.85. The second kappa shape index (κ2) is 7.43. The van der Waals surface area contributed by atoms with E-state index in [-0.39, 0.29) is 24.4 Å². The van der Waals surface area contributed by atoms with Crippen LogP contribution in [0.3, 0.4) is 0 Å². The third kappa shape index (κ3) is 4.84. The van der Waals surface area contributed by atoms with E-state index < -0.39 is 18.0 Å². The average molecular weight is 301 g/mol. The minimum absolute atomic E-state index is 0.0867. The van der Waals surface area contributed by atoms with E-state index >= 15 is 0 Å². The predicted molar refractivity (Wildman–Crippen MR) is 70.7 cm³/mol. The Kier molecular flexibility index (Phi) is 5.91. The van der Waals surface area contributed by atoms with Gasteiger partial charge in [0.05, 0.1) is 25.8 Å². The van der Waals surface area contributed by atoms with Gasteiger partial charge in [-0.1, -0.05) is 0 Å². The molecule has 1 aromatic rings. The van der Waals surface area contributed by atoms with Gasteiger partial charge in [-0.15, -0.1) is 11.3 Å². The van der Waals surface area contributed by atoms with Gasteiger partial charge in [-0.25, -0.2) is 14.6 Å². The van der Waals surface area contributed by atoms with Gasteiger partial charge in [0, 0.05) is 6.54 Å². The zero-order chi connectivity index (χ0) is 15.1. The Morgan fingerprint density at radius 2 is 2.05 bits per heavy atom. The van der Waals surface area contributed by atoms with E-state index in [1.54, 1.807) is 6.92 Å². The number of carboxylic acid groups (broad SMARTS) is 1. The third-order valence-corrected chi connectivity index (χ3v) is 3.42. The SMILES string of the molecule is COC(=O)CCNC(=O)NCc1nc(C)c(C(=O)O)s1. The Labute approximate surface area is 119 Å². The number of carbonyl (C=O) groups is 3. The molecule has 1 rings (SSSR count). The van der Waals surface area contributed by atoms with E-state index in [9.17, 15) is 14.4 Å². The monoisotopic (exact) mass is 301 g/mol. The van der Waals surface area contributed by atoms with Crippen molar-refractivity contribution < 1.29 is 24.2 Å². The van der Waals surface area contributed by atoms with Gasteiger partial charge in [0.15, 0.2) is 0 Å². The standard InChI is InChI=1S/C11H15N3O5S/c1-6-9(10(16)17)20-7(14-6)5-13-11(18)12-4-3-8(15)19-2/h3-5H2,1-2H3,(H,16,17)(H2,12,13,18). The van der Waals surface area contributed by atoms with E-state index in [0.717, 1.165) is 11.3 Å². The van der Waals surface area contributed by atoms with E-state index in [1.165, 1.54) is 7.11 Å². The van der Waals surface area contributed by atoms with Crippen molar-refractivity contribution in [1.29, 1.82) is 0 Å². The van der Waals surface area contributed by atoms with Gasteiger partial charge in [0.2, 0.25) is 0 Å². The molecule has 0 aromatic carbocycles. The van der Waals surface area contributed by atoms with Crippen molar-refractivity contribution in [2.75, 3.05) is 13.7 Å². The summed E-state index contributed by atoms with van der Waals surface area (Å²) in [4.78, 5) is 37.3. The van der Waals surface area contributed by atoms with Gasteiger partial charge in [-0.3, -0.25) is 4.79 Å². The first kappa shape index (κ1) is 15.9. The first-order chi connectivity index (χ1) is 9.43. The molecule has 0 bridgehead atoms. The number of aromatic carboxylic acids is 1. The number of nitrogens with zero attached hydrogens (tertiary/aromatic N) is 1. The number of urea groups is 1. The Bertz CT molecular complexity index is 514. The normalized spacial score (nSPS) is 9.90. The summed E-state index contributed by atoms with van der Waals surface area (Å²) in [5.41, 5.74) is 0.422. The minimum Gasteiger partial charge on any atom is -0.477 e. The minimum atomic E-state index is -1.03. The molecule has 1 heterocycles. The summed E-state index contributed by atoms with van der Waals surface area (Å²) in [6.45, 7) is 1.89. The number of aryl methyl sites for hydroxylation is 1. The highest BCUT2D eigenvalue weighted by molar-refractivity contribution is 7.13. The molecule has 0 aliphatic carbocycles. The fourth-order valence-electron chi connectivity index (χ4n) is 1.32. The number of methoxy groups -OCH3 is 1. The number of hydrogen-bond acceptors (Lipinski definition) is 6. The van der Waals surface area contributed by atoms with Crippen LogP contribution in [-0.2, 0) is 16.1 Å². The summed E-state index contributed by atoms with van der Waals surface area (Å²) in [6, 6.07) is -0.460. The molecule has 0 unspecified atom stereocenters. The Hall–Kier alpha value is -2.16. The number of hydrogen-bond donors (Lipinski definition) is 3. The lowest BCUT2D eigenvalue weighted by Crippen LogP contribution is -2.36. The van der Waals surface area contributed by atoms with Crippen LogP contribution < -0.4 is 10.6 Å². The highest BCUT2D eigenvalue weighted by Gasteiger charge is 2.14. The number of esters is 1. The van der Waals surface area contributed by atoms with Crippen molar-refractivity contribution in [1.82, 2.24) is 15.6 Å². The van der Waals surface area contributed by atoms with Gasteiger partial charge in [-0.2, -0.15) is 0 Å². The average Bonchev–Trinajstić information content (AvgIpc) is 2.77. The third-order valence-electron chi connectivity index (χ3n) is 2.28. The molecule has 8 nitrogen and oxygen atoms in total. The Balaban J connectivity index is 2.36. The number of ether oxygens (including phenoxy) is 1. The van der Waals surface area contributed by atoms with Gasteiger partial charge < -0.3 is 20.5 Å². The maximum atomic E-state index is 11.4. The summed E-state index contributed by atoms with van der Waals surface area (Å²) in [7, 11) is 1.27. The molecule has 0 saturated carbocycles. The lowest BCUT2D eigenvalue weighted by molar-refractivity contribution is -0.140. The van der Waals surface area contributed by atoms with Gasteiger partial charge >= 0.3 is 18.0 Å². The van der Waals surface area contributed by atoms with E-state index in [2.05, 4.69) is 20.4 Å². The second-order valence-electron chi connectivity index (χ2n) is 3.76. The van der Waals surface area contributed by atoms with Crippen LogP contribution in [0.15, 0.2) is 0 Å². The molecule has 0 radical (unpaired) electrons. The number of aromatic nitrogens is 1. The number of thiazole rings is 1. The van der Waals surface area contributed by atoms with Crippen LogP contribution >= 0.6 is 11.3 Å². The Morgan fingerprint density at radius 3 is 2.60 bits per heavy atom. The smallest absolute Gasteiger partial charge is 0.347 e. The van der Waals surface area contributed by atoms with E-state index in [1.807, 2.05) is 0 Å². The summed E-state index contributed by atoms with van der Waals surface area (Å²) in [5.74, 6) is -1.44. The lowest BCUT2D eigenvalue weighted by Gasteiger charge is -2.05. The van der Waals surface area contributed by atoms with Crippen molar-refractivity contribution in [2.24, 2.45) is 0 Å². The topological polar surface area (TPSA) is 118 Å². The highest BCUT2D eigenvalue weighted by Crippen LogP contribution is 2.17. The summed E-state index contributed by atoms with van der Waals surface area (Å²) >= 11 is 1.01. The summed E-state index contributed by atoms with van der Waals surface area (Å²) in [6.07, 6.45) is 0.0867. The van der Waals surface area contributed by atoms with Crippen molar-refractivity contribution in [3.05, 3.63) is 15.6 Å². The highest BCUT2D eigenvalue weighted by atomic mass is 32.1.